The first-order valence-corrected chi connectivity index (χ1v) is 9.46. The van der Waals surface area contributed by atoms with Gasteiger partial charge in [0.1, 0.15) is 15.7 Å². The number of hydrogen-bond donors (Lipinski definition) is 2. The van der Waals surface area contributed by atoms with Crippen molar-refractivity contribution >= 4 is 37.5 Å². The third kappa shape index (κ3) is 6.43. The van der Waals surface area contributed by atoms with Crippen molar-refractivity contribution in [3.8, 4) is 0 Å². The van der Waals surface area contributed by atoms with Crippen molar-refractivity contribution in [3.63, 3.8) is 0 Å². The predicted octanol–water partition coefficient (Wildman–Crippen LogP) is 1.83. The van der Waals surface area contributed by atoms with Gasteiger partial charge >= 0.3 is 0 Å². The minimum absolute atomic E-state index is 0.0993. The zero-order chi connectivity index (χ0) is 16.0. The summed E-state index contributed by atoms with van der Waals surface area (Å²) in [6, 6.07) is 1.19. The SMILES string of the molecule is CCCNc1ncc(Br)cc1C(=O)NC(C)CS(C)(=O)=O. The normalized spacial score (nSPS) is 12.8. The Morgan fingerprint density at radius 2 is 2.14 bits per heavy atom. The van der Waals surface area contributed by atoms with Crippen LogP contribution in [0.15, 0.2) is 16.7 Å². The van der Waals surface area contributed by atoms with Gasteiger partial charge in [-0.25, -0.2) is 13.4 Å². The molecule has 0 aliphatic carbocycles. The molecular weight excluding hydrogens is 358 g/mol. The fraction of sp³-hybridized carbons (Fsp3) is 0.538. The van der Waals surface area contributed by atoms with Crippen molar-refractivity contribution in [1.82, 2.24) is 10.3 Å². The average molecular weight is 378 g/mol. The Morgan fingerprint density at radius 3 is 2.71 bits per heavy atom. The number of sulfone groups is 1. The molecule has 0 fully saturated rings. The Balaban J connectivity index is 2.87. The summed E-state index contributed by atoms with van der Waals surface area (Å²) < 4.78 is 23.2. The van der Waals surface area contributed by atoms with Crippen LogP contribution in [0.1, 0.15) is 30.6 Å². The Bertz CT molecular complexity index is 605. The van der Waals surface area contributed by atoms with Gasteiger partial charge in [0.25, 0.3) is 5.91 Å². The van der Waals surface area contributed by atoms with E-state index in [2.05, 4.69) is 31.5 Å². The minimum atomic E-state index is -3.14. The second-order valence-electron chi connectivity index (χ2n) is 4.94. The number of hydrogen-bond acceptors (Lipinski definition) is 5. The molecule has 0 saturated heterocycles. The van der Waals surface area contributed by atoms with Crippen LogP contribution in [-0.4, -0.2) is 43.9 Å². The zero-order valence-corrected chi connectivity index (χ0v) is 14.7. The van der Waals surface area contributed by atoms with Crippen LogP contribution in [0.5, 0.6) is 0 Å². The van der Waals surface area contributed by atoms with E-state index in [9.17, 15) is 13.2 Å². The maximum Gasteiger partial charge on any atom is 0.255 e. The van der Waals surface area contributed by atoms with Crippen molar-refractivity contribution in [1.29, 1.82) is 0 Å². The maximum atomic E-state index is 12.3. The van der Waals surface area contributed by atoms with Crippen LogP contribution in [0.25, 0.3) is 0 Å². The molecule has 0 aliphatic rings. The number of nitrogens with zero attached hydrogens (tertiary/aromatic N) is 1. The van der Waals surface area contributed by atoms with Gasteiger partial charge in [-0.1, -0.05) is 6.92 Å². The summed E-state index contributed by atoms with van der Waals surface area (Å²) >= 11 is 3.28. The lowest BCUT2D eigenvalue weighted by molar-refractivity contribution is 0.0944. The van der Waals surface area contributed by atoms with Crippen LogP contribution in [0.3, 0.4) is 0 Å². The van der Waals surface area contributed by atoms with E-state index in [1.54, 1.807) is 19.2 Å². The Hall–Kier alpha value is -1.15. The van der Waals surface area contributed by atoms with Crippen LogP contribution in [-0.2, 0) is 9.84 Å². The summed E-state index contributed by atoms with van der Waals surface area (Å²) in [5, 5.41) is 5.76. The number of carbonyl (C=O) groups excluding carboxylic acids is 1. The third-order valence-corrected chi connectivity index (χ3v) is 4.11. The number of rotatable bonds is 7. The van der Waals surface area contributed by atoms with Gasteiger partial charge < -0.3 is 10.6 Å². The predicted molar refractivity (Wildman–Crippen MR) is 87.4 cm³/mol. The molecule has 21 heavy (non-hydrogen) atoms. The highest BCUT2D eigenvalue weighted by atomic mass is 79.9. The molecule has 1 heterocycles. The van der Waals surface area contributed by atoms with Crippen molar-refractivity contribution < 1.29 is 13.2 Å². The molecule has 1 aromatic rings. The second-order valence-corrected chi connectivity index (χ2v) is 8.04. The fourth-order valence-corrected chi connectivity index (χ4v) is 3.12. The van der Waals surface area contributed by atoms with Crippen LogP contribution in [0, 0.1) is 0 Å². The van der Waals surface area contributed by atoms with Crippen molar-refractivity contribution in [2.45, 2.75) is 26.3 Å². The minimum Gasteiger partial charge on any atom is -0.369 e. The van der Waals surface area contributed by atoms with Crippen molar-refractivity contribution in [2.75, 3.05) is 23.9 Å². The summed E-state index contributed by atoms with van der Waals surface area (Å²) in [5.74, 6) is 0.0420. The van der Waals surface area contributed by atoms with Gasteiger partial charge in [-0.15, -0.1) is 0 Å². The molecule has 8 heteroatoms. The molecule has 1 amide bonds. The first-order chi connectivity index (χ1) is 9.73. The largest absolute Gasteiger partial charge is 0.369 e. The van der Waals surface area contributed by atoms with E-state index in [1.807, 2.05) is 6.92 Å². The highest BCUT2D eigenvalue weighted by molar-refractivity contribution is 9.10. The van der Waals surface area contributed by atoms with Crippen molar-refractivity contribution in [2.24, 2.45) is 0 Å². The third-order valence-electron chi connectivity index (χ3n) is 2.57. The van der Waals surface area contributed by atoms with Gasteiger partial charge in [0.2, 0.25) is 0 Å². The first-order valence-electron chi connectivity index (χ1n) is 6.61. The van der Waals surface area contributed by atoms with Crippen LogP contribution >= 0.6 is 15.9 Å². The van der Waals surface area contributed by atoms with E-state index in [4.69, 9.17) is 0 Å². The molecule has 1 rings (SSSR count). The Morgan fingerprint density at radius 1 is 1.48 bits per heavy atom. The summed E-state index contributed by atoms with van der Waals surface area (Å²) in [6.07, 6.45) is 3.66. The van der Waals surface area contributed by atoms with Crippen molar-refractivity contribution in [3.05, 3.63) is 22.3 Å². The molecule has 1 atom stereocenters. The molecule has 0 spiro atoms. The van der Waals surface area contributed by atoms with Gasteiger partial charge in [0, 0.05) is 29.5 Å². The lowest BCUT2D eigenvalue weighted by Gasteiger charge is -2.15. The fourth-order valence-electron chi connectivity index (χ4n) is 1.79. The zero-order valence-electron chi connectivity index (χ0n) is 12.3. The average Bonchev–Trinajstić information content (AvgIpc) is 2.34. The number of amides is 1. The lowest BCUT2D eigenvalue weighted by Crippen LogP contribution is -2.37. The van der Waals surface area contributed by atoms with E-state index in [0.717, 1.165) is 12.7 Å². The number of nitrogens with one attached hydrogen (secondary N) is 2. The standard InChI is InChI=1S/C13H20BrN3O3S/c1-4-5-15-12-11(6-10(14)7-16-12)13(18)17-9(2)8-21(3,19)20/h6-7,9H,4-5,8H2,1-3H3,(H,15,16)(H,17,18). The summed E-state index contributed by atoms with van der Waals surface area (Å²) in [7, 11) is -3.14. The van der Waals surface area contributed by atoms with Gasteiger partial charge in [-0.2, -0.15) is 0 Å². The molecular formula is C13H20BrN3O3S. The second kappa shape index (κ2) is 7.74. The molecule has 118 valence electrons. The molecule has 0 bridgehead atoms. The summed E-state index contributed by atoms with van der Waals surface area (Å²) in [5.41, 5.74) is 0.387. The van der Waals surface area contributed by atoms with Crippen LogP contribution < -0.4 is 10.6 Å². The molecule has 2 N–H and O–H groups in total. The van der Waals surface area contributed by atoms with Crippen LogP contribution in [0.2, 0.25) is 0 Å². The quantitative estimate of drug-likeness (QED) is 0.756. The summed E-state index contributed by atoms with van der Waals surface area (Å²) in [4.78, 5) is 16.5. The number of halogens is 1. The smallest absolute Gasteiger partial charge is 0.255 e. The first kappa shape index (κ1) is 17.9. The van der Waals surface area contributed by atoms with Gasteiger partial charge in [0.05, 0.1) is 11.3 Å². The highest BCUT2D eigenvalue weighted by Crippen LogP contribution is 2.18. The molecule has 0 saturated carbocycles. The van der Waals surface area contributed by atoms with E-state index in [1.165, 1.54) is 0 Å². The summed E-state index contributed by atoms with van der Waals surface area (Å²) in [6.45, 7) is 4.37. The molecule has 1 aromatic heterocycles. The topological polar surface area (TPSA) is 88.2 Å². The van der Waals surface area contributed by atoms with E-state index in [-0.39, 0.29) is 11.7 Å². The highest BCUT2D eigenvalue weighted by Gasteiger charge is 2.18. The number of carbonyl (C=O) groups is 1. The molecule has 0 aliphatic heterocycles. The Kier molecular flexibility index (Phi) is 6.60. The Labute approximate surface area is 133 Å². The molecule has 0 aromatic carbocycles. The monoisotopic (exact) mass is 377 g/mol. The number of pyridine rings is 1. The number of aromatic nitrogens is 1. The molecule has 0 radical (unpaired) electrons. The maximum absolute atomic E-state index is 12.3. The van der Waals surface area contributed by atoms with Crippen LogP contribution in [0.4, 0.5) is 5.82 Å². The van der Waals surface area contributed by atoms with Gasteiger partial charge in [0.15, 0.2) is 0 Å². The van der Waals surface area contributed by atoms with E-state index >= 15 is 0 Å². The van der Waals surface area contributed by atoms with E-state index < -0.39 is 15.9 Å². The number of anilines is 1. The van der Waals surface area contributed by atoms with Gasteiger partial charge in [-0.3, -0.25) is 4.79 Å². The van der Waals surface area contributed by atoms with E-state index in [0.29, 0.717) is 22.4 Å². The molecule has 6 nitrogen and oxygen atoms in total. The lowest BCUT2D eigenvalue weighted by atomic mass is 10.2. The van der Waals surface area contributed by atoms with Gasteiger partial charge in [-0.05, 0) is 35.3 Å². The molecule has 1 unspecified atom stereocenters.